The van der Waals surface area contributed by atoms with E-state index in [0.717, 1.165) is 0 Å². The van der Waals surface area contributed by atoms with Gasteiger partial charge in [0.2, 0.25) is 0 Å². The maximum Gasteiger partial charge on any atom is 0.340 e. The fourth-order valence-corrected chi connectivity index (χ4v) is 3.31. The number of carbonyl (C=O) groups excluding carboxylic acids is 2. The Kier molecular flexibility index (Phi) is 4.87. The zero-order valence-electron chi connectivity index (χ0n) is 13.3. The zero-order chi connectivity index (χ0) is 18.0. The highest BCUT2D eigenvalue weighted by Crippen LogP contribution is 2.32. The van der Waals surface area contributed by atoms with Crippen LogP contribution in [0.15, 0.2) is 40.2 Å². The van der Waals surface area contributed by atoms with Crippen molar-refractivity contribution in [2.24, 2.45) is 0 Å². The van der Waals surface area contributed by atoms with Gasteiger partial charge in [0.05, 0.1) is 17.7 Å². The molecular formula is C17H13ClN2O4S. The molecule has 0 radical (unpaired) electrons. The molecule has 1 N–H and O–H groups in total. The third kappa shape index (κ3) is 3.29. The molecule has 3 aromatic rings. The molecule has 0 fully saturated rings. The second-order valence-electron chi connectivity index (χ2n) is 5.05. The third-order valence-corrected chi connectivity index (χ3v) is 4.68. The minimum absolute atomic E-state index is 0.261. The molecule has 1 amide bonds. The number of carbonyl (C=O) groups is 2. The second kappa shape index (κ2) is 7.08. The van der Waals surface area contributed by atoms with Crippen LogP contribution in [0.4, 0.5) is 5.00 Å². The van der Waals surface area contributed by atoms with E-state index in [1.165, 1.54) is 18.4 Å². The SMILES string of the molecule is COC(=O)c1ccsc1NC(=O)c1c(-c2ccccc2Cl)noc1C. The fourth-order valence-electron chi connectivity index (χ4n) is 2.32. The zero-order valence-corrected chi connectivity index (χ0v) is 14.9. The molecule has 0 bridgehead atoms. The molecule has 0 aliphatic heterocycles. The largest absolute Gasteiger partial charge is 0.465 e. The summed E-state index contributed by atoms with van der Waals surface area (Å²) < 4.78 is 9.89. The number of ether oxygens (including phenoxy) is 1. The Bertz CT molecular complexity index is 948. The van der Waals surface area contributed by atoms with Gasteiger partial charge in [-0.05, 0) is 24.4 Å². The van der Waals surface area contributed by atoms with Crippen LogP contribution in [0.2, 0.25) is 5.02 Å². The summed E-state index contributed by atoms with van der Waals surface area (Å²) in [7, 11) is 1.28. The van der Waals surface area contributed by atoms with Gasteiger partial charge in [0.25, 0.3) is 5.91 Å². The Morgan fingerprint density at radius 3 is 2.76 bits per heavy atom. The molecule has 25 heavy (non-hydrogen) atoms. The van der Waals surface area contributed by atoms with Gasteiger partial charge in [0.15, 0.2) is 0 Å². The number of hydrogen-bond donors (Lipinski definition) is 1. The molecule has 0 saturated heterocycles. The van der Waals surface area contributed by atoms with E-state index in [2.05, 4.69) is 10.5 Å². The number of esters is 1. The van der Waals surface area contributed by atoms with E-state index in [1.807, 2.05) is 0 Å². The van der Waals surface area contributed by atoms with Gasteiger partial charge in [-0.15, -0.1) is 11.3 Å². The number of anilines is 1. The number of aromatic nitrogens is 1. The lowest BCUT2D eigenvalue weighted by atomic mass is 10.1. The molecule has 2 heterocycles. The van der Waals surface area contributed by atoms with E-state index < -0.39 is 11.9 Å². The van der Waals surface area contributed by atoms with Crippen molar-refractivity contribution >= 4 is 39.8 Å². The monoisotopic (exact) mass is 376 g/mol. The molecule has 6 nitrogen and oxygen atoms in total. The van der Waals surface area contributed by atoms with E-state index in [1.54, 1.807) is 42.6 Å². The van der Waals surface area contributed by atoms with Crippen LogP contribution >= 0.6 is 22.9 Å². The fraction of sp³-hybridized carbons (Fsp3) is 0.118. The molecule has 3 rings (SSSR count). The van der Waals surface area contributed by atoms with Crippen molar-refractivity contribution in [2.75, 3.05) is 12.4 Å². The Balaban J connectivity index is 1.97. The normalized spacial score (nSPS) is 10.5. The summed E-state index contributed by atoms with van der Waals surface area (Å²) >= 11 is 7.42. The summed E-state index contributed by atoms with van der Waals surface area (Å²) in [4.78, 5) is 24.5. The number of aryl methyl sites for hydroxylation is 1. The molecule has 2 aromatic heterocycles. The molecule has 1 aromatic carbocycles. The number of methoxy groups -OCH3 is 1. The first kappa shape index (κ1) is 17.2. The lowest BCUT2D eigenvalue weighted by Crippen LogP contribution is -2.15. The van der Waals surface area contributed by atoms with Gasteiger partial charge in [-0.25, -0.2) is 4.79 Å². The van der Waals surface area contributed by atoms with Crippen molar-refractivity contribution < 1.29 is 18.8 Å². The van der Waals surface area contributed by atoms with E-state index in [0.29, 0.717) is 27.0 Å². The highest BCUT2D eigenvalue weighted by atomic mass is 35.5. The molecule has 0 aliphatic carbocycles. The molecule has 0 aliphatic rings. The minimum atomic E-state index is -0.523. The van der Waals surface area contributed by atoms with Gasteiger partial charge < -0.3 is 14.6 Å². The van der Waals surface area contributed by atoms with Crippen molar-refractivity contribution in [3.05, 3.63) is 57.6 Å². The van der Waals surface area contributed by atoms with Crippen molar-refractivity contribution in [2.45, 2.75) is 6.92 Å². The first-order valence-corrected chi connectivity index (χ1v) is 8.47. The lowest BCUT2D eigenvalue weighted by Gasteiger charge is -2.07. The topological polar surface area (TPSA) is 81.4 Å². The Morgan fingerprint density at radius 2 is 2.04 bits per heavy atom. The second-order valence-corrected chi connectivity index (χ2v) is 6.37. The minimum Gasteiger partial charge on any atom is -0.465 e. The molecule has 0 saturated carbocycles. The number of rotatable bonds is 4. The average Bonchev–Trinajstić information content (AvgIpc) is 3.21. The number of hydrogen-bond acceptors (Lipinski definition) is 6. The number of halogens is 1. The highest BCUT2D eigenvalue weighted by Gasteiger charge is 2.25. The van der Waals surface area contributed by atoms with Crippen LogP contribution in [0.5, 0.6) is 0 Å². The van der Waals surface area contributed by atoms with Gasteiger partial charge >= 0.3 is 5.97 Å². The van der Waals surface area contributed by atoms with Crippen molar-refractivity contribution in [3.8, 4) is 11.3 Å². The highest BCUT2D eigenvalue weighted by molar-refractivity contribution is 7.14. The molecule has 8 heteroatoms. The van der Waals surface area contributed by atoms with Gasteiger partial charge in [-0.2, -0.15) is 0 Å². The smallest absolute Gasteiger partial charge is 0.340 e. The predicted molar refractivity (Wildman–Crippen MR) is 95.3 cm³/mol. The first-order chi connectivity index (χ1) is 12.0. The van der Waals surface area contributed by atoms with Gasteiger partial charge in [0, 0.05) is 5.56 Å². The number of thiophene rings is 1. The van der Waals surface area contributed by atoms with Crippen molar-refractivity contribution in [3.63, 3.8) is 0 Å². The lowest BCUT2D eigenvalue weighted by molar-refractivity contribution is 0.0602. The summed E-state index contributed by atoms with van der Waals surface area (Å²) in [6.07, 6.45) is 0. The molecule has 0 atom stereocenters. The van der Waals surface area contributed by atoms with Crippen molar-refractivity contribution in [1.29, 1.82) is 0 Å². The van der Waals surface area contributed by atoms with Gasteiger partial charge in [-0.1, -0.05) is 35.0 Å². The van der Waals surface area contributed by atoms with E-state index in [-0.39, 0.29) is 11.1 Å². The standard InChI is InChI=1S/C17H13ClN2O4S/c1-9-13(14(20-24-9)10-5-3-4-6-12(10)18)15(21)19-16-11(7-8-25-16)17(22)23-2/h3-8H,1-2H3,(H,19,21). The maximum atomic E-state index is 12.8. The third-order valence-electron chi connectivity index (χ3n) is 3.52. The predicted octanol–water partition coefficient (Wildman–Crippen LogP) is 4.40. The van der Waals surface area contributed by atoms with E-state index >= 15 is 0 Å². The summed E-state index contributed by atoms with van der Waals surface area (Å²) in [5.74, 6) is -0.616. The molecule has 128 valence electrons. The Labute approximate surface area is 152 Å². The summed E-state index contributed by atoms with van der Waals surface area (Å²) in [5.41, 5.74) is 1.48. The van der Waals surface area contributed by atoms with Crippen LogP contribution in [0.25, 0.3) is 11.3 Å². The molecular weight excluding hydrogens is 364 g/mol. The maximum absolute atomic E-state index is 12.8. The average molecular weight is 377 g/mol. The van der Waals surface area contributed by atoms with Crippen LogP contribution in [0.3, 0.4) is 0 Å². The number of nitrogens with one attached hydrogen (secondary N) is 1. The van der Waals surface area contributed by atoms with Crippen LogP contribution in [0.1, 0.15) is 26.5 Å². The summed E-state index contributed by atoms with van der Waals surface area (Å²) in [6, 6.07) is 8.62. The summed E-state index contributed by atoms with van der Waals surface area (Å²) in [5, 5.41) is 9.21. The number of benzene rings is 1. The Morgan fingerprint density at radius 1 is 1.28 bits per heavy atom. The quantitative estimate of drug-likeness (QED) is 0.682. The number of amides is 1. The van der Waals surface area contributed by atoms with Gasteiger partial charge in [0.1, 0.15) is 22.0 Å². The van der Waals surface area contributed by atoms with Gasteiger partial charge in [-0.3, -0.25) is 4.79 Å². The summed E-state index contributed by atoms with van der Waals surface area (Å²) in [6.45, 7) is 1.64. The molecule has 0 unspecified atom stereocenters. The molecule has 0 spiro atoms. The number of nitrogens with zero attached hydrogens (tertiary/aromatic N) is 1. The van der Waals surface area contributed by atoms with Crippen LogP contribution in [0, 0.1) is 6.92 Å². The first-order valence-electron chi connectivity index (χ1n) is 7.21. The van der Waals surface area contributed by atoms with Crippen molar-refractivity contribution in [1.82, 2.24) is 5.16 Å². The van der Waals surface area contributed by atoms with E-state index in [9.17, 15) is 9.59 Å². The van der Waals surface area contributed by atoms with Crippen LogP contribution in [-0.4, -0.2) is 24.1 Å². The van der Waals surface area contributed by atoms with E-state index in [4.69, 9.17) is 20.9 Å². The van der Waals surface area contributed by atoms with Crippen LogP contribution < -0.4 is 5.32 Å². The van der Waals surface area contributed by atoms with Crippen LogP contribution in [-0.2, 0) is 4.74 Å². The Hall–Kier alpha value is -2.64.